The fourth-order valence-electron chi connectivity index (χ4n) is 3.74. The van der Waals surface area contributed by atoms with Crippen LogP contribution in [0.2, 0.25) is 0 Å². The molecule has 1 saturated carbocycles. The molecule has 1 atom stereocenters. The van der Waals surface area contributed by atoms with E-state index < -0.39 is 0 Å². The number of aryl methyl sites for hydroxylation is 1. The molecule has 4 heteroatoms. The number of hydrogen-bond donors (Lipinski definition) is 1. The SMILES string of the molecule is Br.Cn1cccc(C2=c3ccccc3=C3CCCCC3N2)c1=O. The summed E-state index contributed by atoms with van der Waals surface area (Å²) >= 11 is 0. The number of nitrogens with zero attached hydrogens (tertiary/aromatic N) is 1. The van der Waals surface area contributed by atoms with Gasteiger partial charge in [0.1, 0.15) is 0 Å². The predicted molar refractivity (Wildman–Crippen MR) is 99.0 cm³/mol. The fraction of sp³-hybridized carbons (Fsp3) is 0.316. The zero-order valence-electron chi connectivity index (χ0n) is 13.2. The first kappa shape index (κ1) is 16.1. The highest BCUT2D eigenvalue weighted by atomic mass is 79.9. The highest BCUT2D eigenvalue weighted by molar-refractivity contribution is 8.93. The Kier molecular flexibility index (Phi) is 4.44. The van der Waals surface area contributed by atoms with Crippen molar-refractivity contribution in [2.24, 2.45) is 7.05 Å². The molecule has 120 valence electrons. The van der Waals surface area contributed by atoms with Crippen LogP contribution in [0.25, 0.3) is 11.3 Å². The van der Waals surface area contributed by atoms with Crippen LogP contribution < -0.4 is 21.3 Å². The molecule has 1 aromatic carbocycles. The third-order valence-corrected chi connectivity index (χ3v) is 4.86. The molecule has 4 rings (SSSR count). The van der Waals surface area contributed by atoms with Crippen LogP contribution in [0.1, 0.15) is 31.2 Å². The normalized spacial score (nSPS) is 19.3. The number of rotatable bonds is 1. The largest absolute Gasteiger partial charge is 0.377 e. The van der Waals surface area contributed by atoms with Crippen molar-refractivity contribution in [3.8, 4) is 0 Å². The Labute approximate surface area is 146 Å². The standard InChI is InChI=1S/C19H20N2O.BrH/c1-21-12-6-10-16(19(21)22)18-15-9-3-2-7-13(15)14-8-4-5-11-17(14)20-18;/h2-3,6-7,9-10,12,17,20H,4-5,8,11H2,1H3;1H. The zero-order valence-corrected chi connectivity index (χ0v) is 14.9. The van der Waals surface area contributed by atoms with Gasteiger partial charge in [0.15, 0.2) is 0 Å². The maximum Gasteiger partial charge on any atom is 0.259 e. The van der Waals surface area contributed by atoms with E-state index in [0.717, 1.165) is 24.1 Å². The summed E-state index contributed by atoms with van der Waals surface area (Å²) in [6, 6.07) is 12.7. The number of nitrogens with one attached hydrogen (secondary N) is 1. The number of pyridine rings is 1. The van der Waals surface area contributed by atoms with Crippen molar-refractivity contribution < 1.29 is 0 Å². The first-order valence-corrected chi connectivity index (χ1v) is 8.00. The van der Waals surface area contributed by atoms with E-state index >= 15 is 0 Å². The molecule has 0 amide bonds. The van der Waals surface area contributed by atoms with E-state index in [1.54, 1.807) is 17.8 Å². The Morgan fingerprint density at radius 3 is 2.70 bits per heavy atom. The number of benzene rings is 1. The highest BCUT2D eigenvalue weighted by Crippen LogP contribution is 2.26. The van der Waals surface area contributed by atoms with Crippen LogP contribution in [0.4, 0.5) is 0 Å². The maximum absolute atomic E-state index is 12.5. The van der Waals surface area contributed by atoms with Gasteiger partial charge in [-0.05, 0) is 42.2 Å². The summed E-state index contributed by atoms with van der Waals surface area (Å²) in [5.74, 6) is 0. The molecule has 2 aliphatic rings. The van der Waals surface area contributed by atoms with Gasteiger partial charge in [0.25, 0.3) is 5.56 Å². The van der Waals surface area contributed by atoms with Crippen LogP contribution in [0.3, 0.4) is 0 Å². The van der Waals surface area contributed by atoms with Crippen molar-refractivity contribution in [3.63, 3.8) is 0 Å². The van der Waals surface area contributed by atoms with E-state index in [4.69, 9.17) is 0 Å². The van der Waals surface area contributed by atoms with E-state index in [1.165, 1.54) is 28.9 Å². The lowest BCUT2D eigenvalue weighted by atomic mass is 9.85. The molecule has 1 fully saturated rings. The first-order chi connectivity index (χ1) is 10.8. The van der Waals surface area contributed by atoms with Crippen molar-refractivity contribution in [1.82, 2.24) is 9.88 Å². The van der Waals surface area contributed by atoms with Gasteiger partial charge < -0.3 is 9.88 Å². The first-order valence-electron chi connectivity index (χ1n) is 8.00. The molecule has 1 aliphatic carbocycles. The van der Waals surface area contributed by atoms with Crippen molar-refractivity contribution in [2.45, 2.75) is 31.7 Å². The van der Waals surface area contributed by atoms with Gasteiger partial charge in [-0.2, -0.15) is 0 Å². The number of halogens is 1. The van der Waals surface area contributed by atoms with E-state index in [0.29, 0.717) is 6.04 Å². The number of hydrogen-bond acceptors (Lipinski definition) is 2. The molecular weight excluding hydrogens is 352 g/mol. The van der Waals surface area contributed by atoms with Gasteiger partial charge in [-0.3, -0.25) is 4.79 Å². The Morgan fingerprint density at radius 1 is 1.09 bits per heavy atom. The van der Waals surface area contributed by atoms with Crippen molar-refractivity contribution in [2.75, 3.05) is 0 Å². The molecule has 23 heavy (non-hydrogen) atoms. The van der Waals surface area contributed by atoms with Gasteiger partial charge in [-0.1, -0.05) is 30.7 Å². The van der Waals surface area contributed by atoms with E-state index in [1.807, 2.05) is 12.1 Å². The molecule has 1 unspecified atom stereocenters. The number of fused-ring (bicyclic) bond motifs is 2. The van der Waals surface area contributed by atoms with E-state index in [2.05, 4.69) is 29.6 Å². The average Bonchev–Trinajstić information content (AvgIpc) is 2.57. The van der Waals surface area contributed by atoms with Crippen molar-refractivity contribution >= 4 is 28.3 Å². The monoisotopic (exact) mass is 372 g/mol. The second-order valence-electron chi connectivity index (χ2n) is 6.23. The molecule has 1 aromatic heterocycles. The zero-order chi connectivity index (χ0) is 15.1. The fourth-order valence-corrected chi connectivity index (χ4v) is 3.74. The quantitative estimate of drug-likeness (QED) is 0.828. The second kappa shape index (κ2) is 6.36. The minimum atomic E-state index is 0. The lowest BCUT2D eigenvalue weighted by molar-refractivity contribution is 0.539. The minimum absolute atomic E-state index is 0. The summed E-state index contributed by atoms with van der Waals surface area (Å²) in [6.07, 6.45) is 6.64. The van der Waals surface area contributed by atoms with E-state index in [-0.39, 0.29) is 22.5 Å². The molecule has 0 saturated heterocycles. The van der Waals surface area contributed by atoms with Crippen molar-refractivity contribution in [1.29, 1.82) is 0 Å². The summed E-state index contributed by atoms with van der Waals surface area (Å²) < 4.78 is 1.65. The molecule has 0 radical (unpaired) electrons. The molecule has 0 spiro atoms. The summed E-state index contributed by atoms with van der Waals surface area (Å²) in [7, 11) is 1.80. The van der Waals surface area contributed by atoms with Gasteiger partial charge in [0, 0.05) is 24.5 Å². The van der Waals surface area contributed by atoms with Crippen LogP contribution >= 0.6 is 17.0 Å². The summed E-state index contributed by atoms with van der Waals surface area (Å²) in [5.41, 5.74) is 3.33. The van der Waals surface area contributed by atoms with Crippen LogP contribution in [-0.2, 0) is 7.05 Å². The number of aromatic nitrogens is 1. The van der Waals surface area contributed by atoms with E-state index in [9.17, 15) is 4.79 Å². The summed E-state index contributed by atoms with van der Waals surface area (Å²) in [4.78, 5) is 12.5. The summed E-state index contributed by atoms with van der Waals surface area (Å²) in [5, 5.41) is 6.15. The smallest absolute Gasteiger partial charge is 0.259 e. The lowest BCUT2D eigenvalue weighted by Crippen LogP contribution is -2.48. The Balaban J connectivity index is 0.00000156. The third kappa shape index (κ3) is 2.65. The highest BCUT2D eigenvalue weighted by Gasteiger charge is 2.25. The Morgan fingerprint density at radius 2 is 1.87 bits per heavy atom. The van der Waals surface area contributed by atoms with Crippen LogP contribution in [-0.4, -0.2) is 10.6 Å². The lowest BCUT2D eigenvalue weighted by Gasteiger charge is -2.32. The minimum Gasteiger partial charge on any atom is -0.377 e. The Bertz CT molecular complexity index is 913. The third-order valence-electron chi connectivity index (χ3n) is 4.86. The van der Waals surface area contributed by atoms with Gasteiger partial charge in [-0.15, -0.1) is 17.0 Å². The molecule has 0 bridgehead atoms. The van der Waals surface area contributed by atoms with Gasteiger partial charge >= 0.3 is 0 Å². The van der Waals surface area contributed by atoms with Crippen LogP contribution in [0, 0.1) is 0 Å². The molecule has 3 nitrogen and oxygen atoms in total. The van der Waals surface area contributed by atoms with Crippen LogP contribution in [0.15, 0.2) is 47.4 Å². The van der Waals surface area contributed by atoms with Crippen LogP contribution in [0.5, 0.6) is 0 Å². The summed E-state index contributed by atoms with van der Waals surface area (Å²) in [6.45, 7) is 0. The average molecular weight is 373 g/mol. The maximum atomic E-state index is 12.5. The Hall–Kier alpha value is -1.81. The molecule has 1 aliphatic heterocycles. The predicted octanol–water partition coefficient (Wildman–Crippen LogP) is 1.82. The van der Waals surface area contributed by atoms with Gasteiger partial charge in [0.2, 0.25) is 0 Å². The molecular formula is C19H21BrN2O. The molecule has 1 N–H and O–H groups in total. The van der Waals surface area contributed by atoms with Gasteiger partial charge in [0.05, 0.1) is 11.3 Å². The molecule has 2 heterocycles. The van der Waals surface area contributed by atoms with Crippen molar-refractivity contribution in [3.05, 3.63) is 68.9 Å². The topological polar surface area (TPSA) is 34.0 Å². The van der Waals surface area contributed by atoms with Gasteiger partial charge in [-0.25, -0.2) is 0 Å². The second-order valence-corrected chi connectivity index (χ2v) is 6.23. The molecule has 2 aromatic rings.